The SMILES string of the molecule is CCCCCCCCOC(=O)C1=C(C)Nc2ncnn2C1c1cccc(OC)c1OC. The summed E-state index contributed by atoms with van der Waals surface area (Å²) in [4.78, 5) is 17.4. The van der Waals surface area contributed by atoms with Crippen LogP contribution in [-0.2, 0) is 9.53 Å². The number of allylic oxidation sites excluding steroid dienone is 1. The Morgan fingerprint density at radius 1 is 1.13 bits per heavy atom. The predicted octanol–water partition coefficient (Wildman–Crippen LogP) is 4.49. The van der Waals surface area contributed by atoms with Crippen molar-refractivity contribution in [3.05, 3.63) is 41.4 Å². The van der Waals surface area contributed by atoms with Crippen molar-refractivity contribution in [2.24, 2.45) is 0 Å². The van der Waals surface area contributed by atoms with Crippen LogP contribution < -0.4 is 14.8 Å². The Labute approximate surface area is 183 Å². The minimum atomic E-state index is -0.541. The number of esters is 1. The van der Waals surface area contributed by atoms with Crippen molar-refractivity contribution < 1.29 is 19.0 Å². The van der Waals surface area contributed by atoms with Gasteiger partial charge in [0.05, 0.1) is 26.4 Å². The van der Waals surface area contributed by atoms with Gasteiger partial charge in [-0.1, -0.05) is 51.2 Å². The van der Waals surface area contributed by atoms with E-state index in [1.807, 2.05) is 25.1 Å². The van der Waals surface area contributed by atoms with Crippen molar-refractivity contribution in [2.45, 2.75) is 58.4 Å². The number of ether oxygens (including phenoxy) is 3. The number of fused-ring (bicyclic) bond motifs is 1. The second kappa shape index (κ2) is 10.8. The topological polar surface area (TPSA) is 87.5 Å². The van der Waals surface area contributed by atoms with Gasteiger partial charge in [-0.3, -0.25) is 0 Å². The smallest absolute Gasteiger partial charge is 0.338 e. The number of carbonyl (C=O) groups is 1. The quantitative estimate of drug-likeness (QED) is 0.417. The van der Waals surface area contributed by atoms with Gasteiger partial charge in [0.2, 0.25) is 5.95 Å². The molecule has 1 aromatic carbocycles. The Balaban J connectivity index is 1.84. The van der Waals surface area contributed by atoms with E-state index in [1.54, 1.807) is 18.9 Å². The zero-order valence-corrected chi connectivity index (χ0v) is 18.8. The first-order valence-electron chi connectivity index (χ1n) is 10.9. The van der Waals surface area contributed by atoms with Crippen LogP contribution in [0.2, 0.25) is 0 Å². The maximum atomic E-state index is 13.2. The highest BCUT2D eigenvalue weighted by molar-refractivity contribution is 5.92. The zero-order valence-electron chi connectivity index (χ0n) is 18.8. The van der Waals surface area contributed by atoms with Crippen LogP contribution in [0.25, 0.3) is 0 Å². The molecule has 2 heterocycles. The summed E-state index contributed by atoms with van der Waals surface area (Å²) in [5, 5.41) is 7.51. The fraction of sp³-hybridized carbons (Fsp3) is 0.522. The number of nitrogens with zero attached hydrogens (tertiary/aromatic N) is 3. The first-order valence-corrected chi connectivity index (χ1v) is 10.9. The number of methoxy groups -OCH3 is 2. The number of carbonyl (C=O) groups excluding carboxylic acids is 1. The molecule has 1 aliphatic heterocycles. The maximum absolute atomic E-state index is 13.2. The van der Waals surface area contributed by atoms with Crippen LogP contribution in [0.5, 0.6) is 11.5 Å². The molecule has 0 fully saturated rings. The van der Waals surface area contributed by atoms with Gasteiger partial charge in [-0.05, 0) is 19.4 Å². The molecular weight excluding hydrogens is 396 g/mol. The van der Waals surface area contributed by atoms with Crippen molar-refractivity contribution in [2.75, 3.05) is 26.1 Å². The van der Waals surface area contributed by atoms with E-state index < -0.39 is 6.04 Å². The Hall–Kier alpha value is -3.03. The van der Waals surface area contributed by atoms with Crippen molar-refractivity contribution in [1.82, 2.24) is 14.8 Å². The lowest BCUT2D eigenvalue weighted by atomic mass is 9.94. The Bertz CT molecular complexity index is 922. The number of rotatable bonds is 11. The zero-order chi connectivity index (χ0) is 22.2. The Kier molecular flexibility index (Phi) is 7.92. The van der Waals surface area contributed by atoms with Gasteiger partial charge in [-0.25, -0.2) is 9.48 Å². The summed E-state index contributed by atoms with van der Waals surface area (Å²) < 4.78 is 18.4. The van der Waals surface area contributed by atoms with Gasteiger partial charge >= 0.3 is 5.97 Å². The van der Waals surface area contributed by atoms with E-state index in [1.165, 1.54) is 32.0 Å². The lowest BCUT2D eigenvalue weighted by molar-refractivity contribution is -0.139. The average Bonchev–Trinajstić information content (AvgIpc) is 3.24. The lowest BCUT2D eigenvalue weighted by Crippen LogP contribution is -2.30. The number of benzene rings is 1. The van der Waals surface area contributed by atoms with E-state index >= 15 is 0 Å². The third-order valence-corrected chi connectivity index (χ3v) is 5.47. The second-order valence-corrected chi connectivity index (χ2v) is 7.58. The monoisotopic (exact) mass is 428 g/mol. The van der Waals surface area contributed by atoms with Gasteiger partial charge in [-0.15, -0.1) is 0 Å². The van der Waals surface area contributed by atoms with Gasteiger partial charge in [-0.2, -0.15) is 10.1 Å². The van der Waals surface area contributed by atoms with E-state index in [0.29, 0.717) is 35.3 Å². The number of nitrogens with one attached hydrogen (secondary N) is 1. The van der Waals surface area contributed by atoms with Crippen LogP contribution in [0.1, 0.15) is 64.0 Å². The second-order valence-electron chi connectivity index (χ2n) is 7.58. The highest BCUT2D eigenvalue weighted by Crippen LogP contribution is 2.42. The van der Waals surface area contributed by atoms with E-state index in [0.717, 1.165) is 18.4 Å². The van der Waals surface area contributed by atoms with Gasteiger partial charge in [0, 0.05) is 11.3 Å². The van der Waals surface area contributed by atoms with Crippen LogP contribution in [0.15, 0.2) is 35.8 Å². The molecule has 8 heteroatoms. The predicted molar refractivity (Wildman–Crippen MR) is 118 cm³/mol. The van der Waals surface area contributed by atoms with E-state index in [4.69, 9.17) is 14.2 Å². The molecule has 1 atom stereocenters. The normalized spacial score (nSPS) is 15.3. The van der Waals surface area contributed by atoms with Crippen LogP contribution in [0, 0.1) is 0 Å². The Morgan fingerprint density at radius 3 is 2.65 bits per heavy atom. The Morgan fingerprint density at radius 2 is 1.90 bits per heavy atom. The van der Waals surface area contributed by atoms with Crippen LogP contribution in [0.4, 0.5) is 5.95 Å². The first-order chi connectivity index (χ1) is 15.1. The van der Waals surface area contributed by atoms with Crippen LogP contribution >= 0.6 is 0 Å². The maximum Gasteiger partial charge on any atom is 0.338 e. The minimum absolute atomic E-state index is 0.366. The number of unbranched alkanes of at least 4 members (excludes halogenated alkanes) is 5. The number of anilines is 1. The third kappa shape index (κ3) is 5.00. The molecule has 1 aromatic heterocycles. The molecule has 0 radical (unpaired) electrons. The molecule has 0 amide bonds. The van der Waals surface area contributed by atoms with E-state index in [2.05, 4.69) is 22.3 Å². The largest absolute Gasteiger partial charge is 0.493 e. The molecule has 0 aliphatic carbocycles. The molecular formula is C23H32N4O4. The number of hydrogen-bond acceptors (Lipinski definition) is 7. The standard InChI is InChI=1S/C23H32N4O4/c1-5-6-7-8-9-10-14-31-22(28)19-16(2)26-23-24-15-25-27(23)20(19)17-12-11-13-18(29-3)21(17)30-4/h11-13,15,20H,5-10,14H2,1-4H3,(H,24,25,26). The molecule has 0 saturated heterocycles. The molecule has 1 N–H and O–H groups in total. The molecule has 31 heavy (non-hydrogen) atoms. The summed E-state index contributed by atoms with van der Waals surface area (Å²) in [7, 11) is 3.17. The summed E-state index contributed by atoms with van der Waals surface area (Å²) in [5.41, 5.74) is 1.92. The molecule has 8 nitrogen and oxygen atoms in total. The summed E-state index contributed by atoms with van der Waals surface area (Å²) in [6, 6.07) is 5.04. The van der Waals surface area contributed by atoms with Crippen LogP contribution in [0.3, 0.4) is 0 Å². The fourth-order valence-electron chi connectivity index (χ4n) is 3.90. The molecule has 0 saturated carbocycles. The van der Waals surface area contributed by atoms with Crippen molar-refractivity contribution in [3.63, 3.8) is 0 Å². The van der Waals surface area contributed by atoms with E-state index in [-0.39, 0.29) is 5.97 Å². The summed E-state index contributed by atoms with van der Waals surface area (Å²) in [5.74, 6) is 1.32. The van der Waals surface area contributed by atoms with Gasteiger partial charge < -0.3 is 19.5 Å². The van der Waals surface area contributed by atoms with Crippen LogP contribution in [-0.4, -0.2) is 41.6 Å². The van der Waals surface area contributed by atoms with Crippen molar-refractivity contribution in [1.29, 1.82) is 0 Å². The molecule has 0 spiro atoms. The fourth-order valence-corrected chi connectivity index (χ4v) is 3.90. The van der Waals surface area contributed by atoms with Gasteiger partial charge in [0.15, 0.2) is 11.5 Å². The highest BCUT2D eigenvalue weighted by atomic mass is 16.5. The summed E-state index contributed by atoms with van der Waals surface area (Å²) in [6.45, 7) is 4.44. The summed E-state index contributed by atoms with van der Waals surface area (Å²) in [6.07, 6.45) is 8.24. The molecule has 168 valence electrons. The number of hydrogen-bond donors (Lipinski definition) is 1. The first kappa shape index (κ1) is 22.7. The molecule has 0 bridgehead atoms. The highest BCUT2D eigenvalue weighted by Gasteiger charge is 2.36. The third-order valence-electron chi connectivity index (χ3n) is 5.47. The molecule has 1 unspecified atom stereocenters. The van der Waals surface area contributed by atoms with Crippen molar-refractivity contribution in [3.8, 4) is 11.5 Å². The van der Waals surface area contributed by atoms with Gasteiger partial charge in [0.1, 0.15) is 12.4 Å². The summed E-state index contributed by atoms with van der Waals surface area (Å²) >= 11 is 0. The molecule has 1 aliphatic rings. The lowest BCUT2D eigenvalue weighted by Gasteiger charge is -2.29. The minimum Gasteiger partial charge on any atom is -0.493 e. The van der Waals surface area contributed by atoms with Crippen molar-refractivity contribution >= 4 is 11.9 Å². The number of aromatic nitrogens is 3. The molecule has 3 rings (SSSR count). The number of para-hydroxylation sites is 1. The molecule has 2 aromatic rings. The van der Waals surface area contributed by atoms with Gasteiger partial charge in [0.25, 0.3) is 0 Å². The van der Waals surface area contributed by atoms with E-state index in [9.17, 15) is 4.79 Å². The average molecular weight is 429 g/mol.